The Morgan fingerprint density at radius 1 is 1.17 bits per heavy atom. The van der Waals surface area contributed by atoms with Crippen LogP contribution in [0.4, 0.5) is 11.5 Å². The van der Waals surface area contributed by atoms with Gasteiger partial charge in [0.15, 0.2) is 0 Å². The predicted octanol–water partition coefficient (Wildman–Crippen LogP) is 3.99. The lowest BCUT2D eigenvalue weighted by molar-refractivity contribution is 0.601. The lowest BCUT2D eigenvalue weighted by Crippen LogP contribution is -2.14. The molecule has 0 spiro atoms. The van der Waals surface area contributed by atoms with E-state index in [9.17, 15) is 8.42 Å². The molecule has 2 N–H and O–H groups in total. The SMILES string of the molecule is CC(C)CCNc1ccc(NS(=O)(=O)c2ccccc2Cl)nc1. The number of nitrogens with zero attached hydrogens (tertiary/aromatic N) is 1. The van der Waals surface area contributed by atoms with Gasteiger partial charge in [-0.3, -0.25) is 4.72 Å². The number of rotatable bonds is 7. The third-order valence-corrected chi connectivity index (χ3v) is 5.03. The van der Waals surface area contributed by atoms with Crippen molar-refractivity contribution in [1.29, 1.82) is 0 Å². The van der Waals surface area contributed by atoms with Gasteiger partial charge in [0, 0.05) is 6.54 Å². The average molecular weight is 354 g/mol. The first-order valence-corrected chi connectivity index (χ1v) is 9.22. The van der Waals surface area contributed by atoms with Crippen LogP contribution in [0.1, 0.15) is 20.3 Å². The third kappa shape index (κ3) is 5.11. The van der Waals surface area contributed by atoms with Gasteiger partial charge in [0.25, 0.3) is 10.0 Å². The van der Waals surface area contributed by atoms with E-state index in [1.807, 2.05) is 0 Å². The van der Waals surface area contributed by atoms with Gasteiger partial charge in [-0.05, 0) is 36.6 Å². The number of pyridine rings is 1. The van der Waals surface area contributed by atoms with Crippen LogP contribution in [-0.2, 0) is 10.0 Å². The summed E-state index contributed by atoms with van der Waals surface area (Å²) in [6, 6.07) is 9.69. The quantitative estimate of drug-likeness (QED) is 0.789. The van der Waals surface area contributed by atoms with Gasteiger partial charge in [-0.25, -0.2) is 13.4 Å². The minimum atomic E-state index is -3.75. The molecule has 124 valence electrons. The Morgan fingerprint density at radius 2 is 1.91 bits per heavy atom. The predicted molar refractivity (Wildman–Crippen MR) is 94.4 cm³/mol. The van der Waals surface area contributed by atoms with Gasteiger partial charge in [-0.2, -0.15) is 0 Å². The molecule has 2 rings (SSSR count). The van der Waals surface area contributed by atoms with Crippen molar-refractivity contribution < 1.29 is 8.42 Å². The summed E-state index contributed by atoms with van der Waals surface area (Å²) in [6.07, 6.45) is 2.66. The number of anilines is 2. The van der Waals surface area contributed by atoms with Gasteiger partial charge in [0.05, 0.1) is 16.9 Å². The Balaban J connectivity index is 2.04. The van der Waals surface area contributed by atoms with Crippen LogP contribution in [0.3, 0.4) is 0 Å². The van der Waals surface area contributed by atoms with E-state index in [2.05, 4.69) is 28.9 Å². The van der Waals surface area contributed by atoms with Crippen LogP contribution < -0.4 is 10.0 Å². The highest BCUT2D eigenvalue weighted by molar-refractivity contribution is 7.92. The molecule has 7 heteroatoms. The van der Waals surface area contributed by atoms with E-state index in [-0.39, 0.29) is 15.7 Å². The summed E-state index contributed by atoms with van der Waals surface area (Å²) in [5.74, 6) is 0.872. The third-order valence-electron chi connectivity index (χ3n) is 3.18. The first-order valence-electron chi connectivity index (χ1n) is 7.36. The van der Waals surface area contributed by atoms with Crippen LogP contribution in [0.5, 0.6) is 0 Å². The first kappa shape index (κ1) is 17.6. The van der Waals surface area contributed by atoms with Gasteiger partial charge in [0.1, 0.15) is 10.7 Å². The molecule has 0 aliphatic rings. The molecule has 5 nitrogen and oxygen atoms in total. The molecule has 1 heterocycles. The van der Waals surface area contributed by atoms with Crippen molar-refractivity contribution in [2.75, 3.05) is 16.6 Å². The van der Waals surface area contributed by atoms with Gasteiger partial charge < -0.3 is 5.32 Å². The number of hydrogen-bond acceptors (Lipinski definition) is 4. The van der Waals surface area contributed by atoms with E-state index in [0.717, 1.165) is 18.7 Å². The number of aromatic nitrogens is 1. The van der Waals surface area contributed by atoms with Crippen molar-refractivity contribution in [3.63, 3.8) is 0 Å². The molecule has 0 amide bonds. The fraction of sp³-hybridized carbons (Fsp3) is 0.312. The molecule has 0 aliphatic heterocycles. The summed E-state index contributed by atoms with van der Waals surface area (Å²) in [5, 5.41) is 3.42. The molecule has 0 unspecified atom stereocenters. The molecule has 0 saturated heterocycles. The number of benzene rings is 1. The van der Waals surface area contributed by atoms with Gasteiger partial charge in [-0.1, -0.05) is 37.6 Å². The first-order chi connectivity index (χ1) is 10.9. The zero-order valence-electron chi connectivity index (χ0n) is 13.1. The summed E-state index contributed by atoms with van der Waals surface area (Å²) in [6.45, 7) is 5.17. The second kappa shape index (κ2) is 7.66. The van der Waals surface area contributed by atoms with Crippen LogP contribution >= 0.6 is 11.6 Å². The lowest BCUT2D eigenvalue weighted by atomic mass is 10.1. The molecule has 1 aromatic heterocycles. The zero-order chi connectivity index (χ0) is 16.9. The zero-order valence-corrected chi connectivity index (χ0v) is 14.7. The van der Waals surface area contributed by atoms with E-state index >= 15 is 0 Å². The minimum Gasteiger partial charge on any atom is -0.384 e. The van der Waals surface area contributed by atoms with E-state index in [1.165, 1.54) is 12.1 Å². The van der Waals surface area contributed by atoms with Crippen molar-refractivity contribution >= 4 is 33.1 Å². The highest BCUT2D eigenvalue weighted by Gasteiger charge is 2.17. The maximum absolute atomic E-state index is 12.3. The monoisotopic (exact) mass is 353 g/mol. The number of hydrogen-bond donors (Lipinski definition) is 2. The molecule has 23 heavy (non-hydrogen) atoms. The summed E-state index contributed by atoms with van der Waals surface area (Å²) >= 11 is 5.93. The van der Waals surface area contributed by atoms with Crippen LogP contribution in [0.25, 0.3) is 0 Å². The summed E-state index contributed by atoms with van der Waals surface area (Å²) in [7, 11) is -3.75. The lowest BCUT2D eigenvalue weighted by Gasteiger charge is -2.10. The molecular weight excluding hydrogens is 334 g/mol. The van der Waals surface area contributed by atoms with Gasteiger partial charge in [-0.15, -0.1) is 0 Å². The molecule has 0 saturated carbocycles. The van der Waals surface area contributed by atoms with Crippen molar-refractivity contribution in [2.45, 2.75) is 25.2 Å². The molecular formula is C16H20ClN3O2S. The normalized spacial score (nSPS) is 11.5. The minimum absolute atomic E-state index is 0.0302. The fourth-order valence-electron chi connectivity index (χ4n) is 1.92. The standard InChI is InChI=1S/C16H20ClN3O2S/c1-12(2)9-10-18-13-7-8-16(19-11-13)20-23(21,22)15-6-4-3-5-14(15)17/h3-8,11-12,18H,9-10H2,1-2H3,(H,19,20). The molecule has 0 radical (unpaired) electrons. The Labute approximate surface area is 142 Å². The maximum atomic E-state index is 12.3. The van der Waals surface area contributed by atoms with Crippen molar-refractivity contribution in [3.8, 4) is 0 Å². The molecule has 2 aromatic rings. The van der Waals surface area contributed by atoms with Gasteiger partial charge >= 0.3 is 0 Å². The maximum Gasteiger partial charge on any atom is 0.264 e. The van der Waals surface area contributed by atoms with Crippen molar-refractivity contribution in [3.05, 3.63) is 47.6 Å². The number of sulfonamides is 1. The summed E-state index contributed by atoms with van der Waals surface area (Å²) in [4.78, 5) is 4.15. The van der Waals surface area contributed by atoms with Crippen molar-refractivity contribution in [2.24, 2.45) is 5.92 Å². The van der Waals surface area contributed by atoms with Crippen LogP contribution in [0.15, 0.2) is 47.5 Å². The Bertz CT molecular complexity index is 746. The van der Waals surface area contributed by atoms with E-state index in [4.69, 9.17) is 11.6 Å². The smallest absolute Gasteiger partial charge is 0.264 e. The average Bonchev–Trinajstić information content (AvgIpc) is 2.48. The fourth-order valence-corrected chi connectivity index (χ4v) is 3.45. The second-order valence-electron chi connectivity index (χ2n) is 5.58. The topological polar surface area (TPSA) is 71.1 Å². The number of nitrogens with one attached hydrogen (secondary N) is 2. The van der Waals surface area contributed by atoms with Crippen LogP contribution in [0.2, 0.25) is 5.02 Å². The Kier molecular flexibility index (Phi) is 5.85. The van der Waals surface area contributed by atoms with Gasteiger partial charge in [0.2, 0.25) is 0 Å². The van der Waals surface area contributed by atoms with E-state index in [1.54, 1.807) is 30.5 Å². The molecule has 0 atom stereocenters. The molecule has 0 aliphatic carbocycles. The van der Waals surface area contributed by atoms with Crippen LogP contribution in [0, 0.1) is 5.92 Å². The van der Waals surface area contributed by atoms with E-state index in [0.29, 0.717) is 5.92 Å². The Hall–Kier alpha value is -1.79. The van der Waals surface area contributed by atoms with E-state index < -0.39 is 10.0 Å². The van der Waals surface area contributed by atoms with Crippen LogP contribution in [-0.4, -0.2) is 19.9 Å². The largest absolute Gasteiger partial charge is 0.384 e. The number of halogens is 1. The van der Waals surface area contributed by atoms with Crippen molar-refractivity contribution in [1.82, 2.24) is 4.98 Å². The summed E-state index contributed by atoms with van der Waals surface area (Å²) in [5.41, 5.74) is 0.853. The molecule has 1 aromatic carbocycles. The highest BCUT2D eigenvalue weighted by Crippen LogP contribution is 2.23. The molecule has 0 bridgehead atoms. The second-order valence-corrected chi connectivity index (χ2v) is 7.64. The summed E-state index contributed by atoms with van der Waals surface area (Å²) < 4.78 is 27.0. The molecule has 0 fully saturated rings. The Morgan fingerprint density at radius 3 is 2.52 bits per heavy atom. The highest BCUT2D eigenvalue weighted by atomic mass is 35.5.